The number of benzene rings is 2. The van der Waals surface area contributed by atoms with Crippen LogP contribution < -0.4 is 10.1 Å². The van der Waals surface area contributed by atoms with Crippen LogP contribution in [0.4, 0.5) is 4.79 Å². The zero-order valence-electron chi connectivity index (χ0n) is 17.3. The van der Waals surface area contributed by atoms with Gasteiger partial charge in [0.25, 0.3) is 5.24 Å². The van der Waals surface area contributed by atoms with Gasteiger partial charge < -0.3 is 9.47 Å². The van der Waals surface area contributed by atoms with E-state index in [1.165, 1.54) is 0 Å². The number of carbonyl (C=O) groups excluding carboxylic acids is 2. The van der Waals surface area contributed by atoms with E-state index < -0.39 is 0 Å². The average molecular weight is 461 g/mol. The zero-order chi connectivity index (χ0) is 21.8. The highest BCUT2D eigenvalue weighted by Gasteiger charge is 2.31. The van der Waals surface area contributed by atoms with Crippen molar-refractivity contribution in [2.75, 3.05) is 26.3 Å². The van der Waals surface area contributed by atoms with Crippen molar-refractivity contribution in [1.29, 1.82) is 0 Å². The van der Waals surface area contributed by atoms with Crippen LogP contribution in [0.1, 0.15) is 24.2 Å². The van der Waals surface area contributed by atoms with Crippen molar-refractivity contribution in [1.82, 2.24) is 10.2 Å². The summed E-state index contributed by atoms with van der Waals surface area (Å²) in [6.07, 6.45) is 0.532. The van der Waals surface area contributed by atoms with E-state index >= 15 is 0 Å². The fourth-order valence-corrected chi connectivity index (χ4v) is 4.82. The summed E-state index contributed by atoms with van der Waals surface area (Å²) in [5.74, 6) is 0.570. The Morgan fingerprint density at radius 3 is 2.77 bits per heavy atom. The van der Waals surface area contributed by atoms with Crippen LogP contribution in [0.5, 0.6) is 5.75 Å². The maximum absolute atomic E-state index is 11.7. The standard InChI is InChI=1S/C23H25ClN2O4S/c1-15(26-9-10-29-20(13-26)17-3-2-4-18(24)12-17)14-30-19-7-5-16(6-8-19)11-21-22(27)25-23(28)31-21/h2-8,12,15,20-21H,9-11,13-14H2,1H3,(H,25,27,28)/t15-,20+,21?/m1/s1. The van der Waals surface area contributed by atoms with Gasteiger partial charge in [0, 0.05) is 24.2 Å². The first-order valence-corrected chi connectivity index (χ1v) is 11.6. The number of carbonyl (C=O) groups is 2. The highest BCUT2D eigenvalue weighted by molar-refractivity contribution is 8.15. The van der Waals surface area contributed by atoms with E-state index in [-0.39, 0.29) is 28.5 Å². The van der Waals surface area contributed by atoms with E-state index in [2.05, 4.69) is 17.1 Å². The summed E-state index contributed by atoms with van der Waals surface area (Å²) in [6.45, 7) is 5.05. The van der Waals surface area contributed by atoms with Gasteiger partial charge in [-0.2, -0.15) is 0 Å². The monoisotopic (exact) mass is 460 g/mol. The van der Waals surface area contributed by atoms with E-state index in [0.29, 0.717) is 19.6 Å². The molecule has 0 aromatic heterocycles. The van der Waals surface area contributed by atoms with Crippen LogP contribution >= 0.6 is 23.4 Å². The highest BCUT2D eigenvalue weighted by Crippen LogP contribution is 2.26. The summed E-state index contributed by atoms with van der Waals surface area (Å²) in [5, 5.41) is 2.41. The van der Waals surface area contributed by atoms with Crippen LogP contribution in [-0.4, -0.2) is 53.6 Å². The third-order valence-corrected chi connectivity index (χ3v) is 6.76. The molecule has 2 heterocycles. The predicted octanol–water partition coefficient (Wildman–Crippen LogP) is 4.07. The van der Waals surface area contributed by atoms with Crippen molar-refractivity contribution in [3.05, 3.63) is 64.7 Å². The number of ether oxygens (including phenoxy) is 2. The van der Waals surface area contributed by atoms with Crippen LogP contribution in [-0.2, 0) is 16.0 Å². The van der Waals surface area contributed by atoms with Crippen molar-refractivity contribution in [3.63, 3.8) is 0 Å². The third-order valence-electron chi connectivity index (χ3n) is 5.54. The predicted molar refractivity (Wildman–Crippen MR) is 122 cm³/mol. The third kappa shape index (κ3) is 5.80. The van der Waals surface area contributed by atoms with E-state index in [4.69, 9.17) is 21.1 Å². The van der Waals surface area contributed by atoms with Crippen LogP contribution in [0.15, 0.2) is 48.5 Å². The zero-order valence-corrected chi connectivity index (χ0v) is 18.8. The van der Waals surface area contributed by atoms with Gasteiger partial charge in [0.2, 0.25) is 5.91 Å². The Bertz CT molecular complexity index is 939. The Morgan fingerprint density at radius 1 is 1.26 bits per heavy atom. The van der Waals surface area contributed by atoms with Crippen molar-refractivity contribution in [2.24, 2.45) is 0 Å². The van der Waals surface area contributed by atoms with Crippen molar-refractivity contribution in [2.45, 2.75) is 30.7 Å². The van der Waals surface area contributed by atoms with Crippen LogP contribution in [0.3, 0.4) is 0 Å². The second-order valence-corrected chi connectivity index (χ2v) is 9.41. The van der Waals surface area contributed by atoms with Crippen LogP contribution in [0.2, 0.25) is 5.02 Å². The largest absolute Gasteiger partial charge is 0.492 e. The van der Waals surface area contributed by atoms with E-state index in [1.807, 2.05) is 48.5 Å². The normalized spacial score (nSPS) is 22.9. The molecule has 2 fully saturated rings. The molecule has 164 valence electrons. The van der Waals surface area contributed by atoms with Gasteiger partial charge in [-0.25, -0.2) is 0 Å². The number of nitrogens with one attached hydrogen (secondary N) is 1. The highest BCUT2D eigenvalue weighted by atomic mass is 35.5. The SMILES string of the molecule is C[C@H](COc1ccc(CC2SC(=O)NC2=O)cc1)N1CCO[C@H](c2cccc(Cl)c2)C1. The smallest absolute Gasteiger partial charge is 0.286 e. The summed E-state index contributed by atoms with van der Waals surface area (Å²) in [5.41, 5.74) is 2.09. The molecule has 3 atom stereocenters. The van der Waals surface area contributed by atoms with Gasteiger partial charge in [-0.15, -0.1) is 0 Å². The molecule has 0 saturated carbocycles. The molecule has 1 N–H and O–H groups in total. The van der Waals surface area contributed by atoms with Gasteiger partial charge in [-0.05, 0) is 48.7 Å². The van der Waals surface area contributed by atoms with Gasteiger partial charge >= 0.3 is 0 Å². The van der Waals surface area contributed by atoms with E-state index in [9.17, 15) is 9.59 Å². The lowest BCUT2D eigenvalue weighted by Gasteiger charge is -2.37. The van der Waals surface area contributed by atoms with Gasteiger partial charge in [0.05, 0.1) is 18.0 Å². The molecule has 31 heavy (non-hydrogen) atoms. The van der Waals surface area contributed by atoms with Crippen LogP contribution in [0.25, 0.3) is 0 Å². The summed E-state index contributed by atoms with van der Waals surface area (Å²) in [6, 6.07) is 15.8. The molecule has 6 nitrogen and oxygen atoms in total. The van der Waals surface area contributed by atoms with Gasteiger partial charge in [-0.1, -0.05) is 47.6 Å². The van der Waals surface area contributed by atoms with E-state index in [1.54, 1.807) is 0 Å². The summed E-state index contributed by atoms with van der Waals surface area (Å²) >= 11 is 7.18. The first-order chi connectivity index (χ1) is 15.0. The van der Waals surface area contributed by atoms with Crippen molar-refractivity contribution >= 4 is 34.5 Å². The molecule has 2 saturated heterocycles. The molecule has 2 aliphatic rings. The molecule has 0 bridgehead atoms. The summed E-state index contributed by atoms with van der Waals surface area (Å²) in [4.78, 5) is 25.4. The lowest BCUT2D eigenvalue weighted by molar-refractivity contribution is -0.118. The number of halogens is 1. The summed E-state index contributed by atoms with van der Waals surface area (Å²) in [7, 11) is 0. The molecule has 0 aliphatic carbocycles. The Morgan fingerprint density at radius 2 is 2.06 bits per heavy atom. The molecule has 2 amide bonds. The van der Waals surface area contributed by atoms with Crippen LogP contribution in [0, 0.1) is 0 Å². The lowest BCUT2D eigenvalue weighted by Crippen LogP contribution is -2.45. The molecule has 8 heteroatoms. The molecule has 1 unspecified atom stereocenters. The molecule has 2 aliphatic heterocycles. The van der Waals surface area contributed by atoms with E-state index in [0.717, 1.165) is 46.8 Å². The Hall–Kier alpha value is -2.06. The minimum atomic E-state index is -0.354. The number of rotatable bonds is 7. The molecular weight excluding hydrogens is 436 g/mol. The Balaban J connectivity index is 1.27. The second kappa shape index (κ2) is 10.0. The Kier molecular flexibility index (Phi) is 7.17. The number of amides is 2. The fourth-order valence-electron chi connectivity index (χ4n) is 3.76. The quantitative estimate of drug-likeness (QED) is 0.671. The molecule has 0 radical (unpaired) electrons. The van der Waals surface area contributed by atoms with Crippen molar-refractivity contribution in [3.8, 4) is 5.75 Å². The number of nitrogens with zero attached hydrogens (tertiary/aromatic N) is 1. The fraction of sp³-hybridized carbons (Fsp3) is 0.391. The van der Waals surface area contributed by atoms with Crippen molar-refractivity contribution < 1.29 is 19.1 Å². The van der Waals surface area contributed by atoms with Gasteiger partial charge in [-0.3, -0.25) is 19.8 Å². The number of morpholine rings is 1. The molecule has 2 aromatic carbocycles. The maximum Gasteiger partial charge on any atom is 0.286 e. The lowest BCUT2D eigenvalue weighted by atomic mass is 10.1. The van der Waals surface area contributed by atoms with Gasteiger partial charge in [0.1, 0.15) is 12.4 Å². The summed E-state index contributed by atoms with van der Waals surface area (Å²) < 4.78 is 12.0. The molecule has 0 spiro atoms. The Labute approximate surface area is 191 Å². The van der Waals surface area contributed by atoms with Gasteiger partial charge in [0.15, 0.2) is 0 Å². The molecule has 4 rings (SSSR count). The molecular formula is C23H25ClN2O4S. The first kappa shape index (κ1) is 22.1. The second-order valence-electron chi connectivity index (χ2n) is 7.80. The minimum Gasteiger partial charge on any atom is -0.492 e. The molecule has 2 aromatic rings. The minimum absolute atomic E-state index is 0.00622. The average Bonchev–Trinajstić information content (AvgIpc) is 3.09. The number of thioether (sulfide) groups is 1. The number of hydrogen-bond acceptors (Lipinski definition) is 6. The first-order valence-electron chi connectivity index (χ1n) is 10.3. The maximum atomic E-state index is 11.7. The topological polar surface area (TPSA) is 67.9 Å². The number of hydrogen-bond donors (Lipinski definition) is 1. The number of imide groups is 1.